The maximum absolute atomic E-state index is 9.16. The van der Waals surface area contributed by atoms with Gasteiger partial charge in [-0.25, -0.2) is 4.98 Å². The number of aromatic nitrogens is 2. The molecule has 0 saturated heterocycles. The average Bonchev–Trinajstić information content (AvgIpc) is 2.12. The van der Waals surface area contributed by atoms with Crippen LogP contribution in [0, 0.1) is 0 Å². The van der Waals surface area contributed by atoms with Gasteiger partial charge in [0.1, 0.15) is 10.4 Å². The number of hydrogen-bond acceptors (Lipinski definition) is 5. The van der Waals surface area contributed by atoms with Crippen molar-refractivity contribution in [2.45, 2.75) is 19.4 Å². The van der Waals surface area contributed by atoms with Gasteiger partial charge in [-0.1, -0.05) is 0 Å². The monoisotopic (exact) mass is 274 g/mol. The summed E-state index contributed by atoms with van der Waals surface area (Å²) in [6.45, 7) is 2.44. The van der Waals surface area contributed by atoms with Crippen molar-refractivity contribution in [1.82, 2.24) is 9.97 Å². The number of aliphatic hydroxyl groups is 1. The van der Waals surface area contributed by atoms with Gasteiger partial charge in [0.2, 0.25) is 5.95 Å². The maximum Gasteiger partial charge on any atom is 0.228 e. The van der Waals surface area contributed by atoms with Crippen molar-refractivity contribution in [3.8, 4) is 0 Å². The fourth-order valence-electron chi connectivity index (χ4n) is 1.07. The van der Waals surface area contributed by atoms with E-state index >= 15 is 0 Å². The molecule has 0 aliphatic rings. The Labute approximate surface area is 97.5 Å². The van der Waals surface area contributed by atoms with Crippen LogP contribution in [-0.2, 0) is 0 Å². The minimum absolute atomic E-state index is 0.322. The van der Waals surface area contributed by atoms with Crippen LogP contribution in [0.4, 0.5) is 11.8 Å². The second kappa shape index (κ2) is 5.27. The first kappa shape index (κ1) is 12.2. The molecule has 1 rings (SSSR count). The lowest BCUT2D eigenvalue weighted by Crippen LogP contribution is -2.24. The largest absolute Gasteiger partial charge is 0.393 e. The Morgan fingerprint density at radius 2 is 2.27 bits per heavy atom. The van der Waals surface area contributed by atoms with Crippen LogP contribution in [0.1, 0.15) is 13.3 Å². The predicted molar refractivity (Wildman–Crippen MR) is 63.7 cm³/mol. The van der Waals surface area contributed by atoms with Gasteiger partial charge in [-0.2, -0.15) is 4.98 Å². The molecule has 0 aromatic carbocycles. The van der Waals surface area contributed by atoms with Crippen molar-refractivity contribution in [2.75, 3.05) is 24.2 Å². The molecule has 1 aromatic rings. The van der Waals surface area contributed by atoms with Crippen LogP contribution in [-0.4, -0.2) is 34.8 Å². The van der Waals surface area contributed by atoms with Gasteiger partial charge in [-0.15, -0.1) is 0 Å². The Morgan fingerprint density at radius 1 is 1.60 bits per heavy atom. The molecule has 0 amide bonds. The lowest BCUT2D eigenvalue weighted by atomic mass is 10.3. The number of anilines is 2. The topological polar surface area (TPSA) is 75.3 Å². The number of nitrogens with two attached hydrogens (primary N) is 1. The summed E-state index contributed by atoms with van der Waals surface area (Å²) in [4.78, 5) is 10.1. The van der Waals surface area contributed by atoms with E-state index in [4.69, 9.17) is 10.8 Å². The van der Waals surface area contributed by atoms with E-state index in [2.05, 4.69) is 25.9 Å². The number of nitrogen functional groups attached to an aromatic ring is 1. The highest BCUT2D eigenvalue weighted by Crippen LogP contribution is 2.15. The number of aliphatic hydroxyl groups excluding tert-OH is 1. The molecule has 3 N–H and O–H groups in total. The molecule has 0 bridgehead atoms. The molecule has 1 atom stereocenters. The van der Waals surface area contributed by atoms with Crippen molar-refractivity contribution in [3.63, 3.8) is 0 Å². The van der Waals surface area contributed by atoms with Crippen molar-refractivity contribution in [3.05, 3.63) is 10.7 Å². The predicted octanol–water partition coefficient (Wildman–Crippen LogP) is 1.03. The van der Waals surface area contributed by atoms with Crippen molar-refractivity contribution in [2.24, 2.45) is 0 Å². The lowest BCUT2D eigenvalue weighted by Gasteiger charge is -2.18. The van der Waals surface area contributed by atoms with Crippen LogP contribution in [0.5, 0.6) is 0 Å². The molecule has 6 heteroatoms. The molecular weight excluding hydrogens is 260 g/mol. The zero-order chi connectivity index (χ0) is 11.4. The van der Waals surface area contributed by atoms with E-state index in [1.807, 2.05) is 11.9 Å². The molecule has 0 saturated carbocycles. The lowest BCUT2D eigenvalue weighted by molar-refractivity contribution is 0.186. The van der Waals surface area contributed by atoms with Crippen LogP contribution >= 0.6 is 15.9 Å². The smallest absolute Gasteiger partial charge is 0.228 e. The summed E-state index contributed by atoms with van der Waals surface area (Å²) in [6.07, 6.45) is 0.351. The highest BCUT2D eigenvalue weighted by atomic mass is 79.9. The first-order valence-corrected chi connectivity index (χ1v) is 5.47. The van der Waals surface area contributed by atoms with Gasteiger partial charge >= 0.3 is 0 Å². The Balaban J connectivity index is 2.68. The van der Waals surface area contributed by atoms with E-state index in [1.165, 1.54) is 0 Å². The Kier molecular flexibility index (Phi) is 4.28. The van der Waals surface area contributed by atoms with Crippen molar-refractivity contribution < 1.29 is 5.11 Å². The summed E-state index contributed by atoms with van der Waals surface area (Å²) >= 11 is 3.25. The summed E-state index contributed by atoms with van der Waals surface area (Å²) in [6, 6.07) is 1.64. The van der Waals surface area contributed by atoms with Crippen LogP contribution in [0.2, 0.25) is 0 Å². The molecule has 15 heavy (non-hydrogen) atoms. The highest BCUT2D eigenvalue weighted by Gasteiger charge is 2.07. The van der Waals surface area contributed by atoms with Gasteiger partial charge in [0.15, 0.2) is 0 Å². The normalized spacial score (nSPS) is 12.5. The van der Waals surface area contributed by atoms with Gasteiger partial charge in [-0.05, 0) is 29.3 Å². The third kappa shape index (κ3) is 4.01. The number of hydrogen-bond donors (Lipinski definition) is 2. The molecule has 0 radical (unpaired) electrons. The minimum atomic E-state index is -0.322. The minimum Gasteiger partial charge on any atom is -0.393 e. The van der Waals surface area contributed by atoms with Crippen molar-refractivity contribution in [1.29, 1.82) is 0 Å². The molecule has 1 unspecified atom stereocenters. The van der Waals surface area contributed by atoms with Crippen LogP contribution in [0.3, 0.4) is 0 Å². The molecule has 84 valence electrons. The Hall–Kier alpha value is -0.880. The zero-order valence-electron chi connectivity index (χ0n) is 8.81. The van der Waals surface area contributed by atoms with Gasteiger partial charge < -0.3 is 15.7 Å². The molecule has 1 aromatic heterocycles. The van der Waals surface area contributed by atoms with E-state index in [1.54, 1.807) is 13.0 Å². The van der Waals surface area contributed by atoms with Crippen LogP contribution < -0.4 is 10.6 Å². The highest BCUT2D eigenvalue weighted by molar-refractivity contribution is 9.10. The van der Waals surface area contributed by atoms with Crippen LogP contribution in [0.15, 0.2) is 10.7 Å². The first-order chi connectivity index (χ1) is 6.99. The van der Waals surface area contributed by atoms with Gasteiger partial charge in [0.05, 0.1) is 6.10 Å². The van der Waals surface area contributed by atoms with Gasteiger partial charge in [0, 0.05) is 19.7 Å². The second-order valence-electron chi connectivity index (χ2n) is 3.47. The van der Waals surface area contributed by atoms with E-state index in [0.717, 1.165) is 0 Å². The summed E-state index contributed by atoms with van der Waals surface area (Å²) in [5.74, 6) is 0.985. The zero-order valence-corrected chi connectivity index (χ0v) is 10.4. The summed E-state index contributed by atoms with van der Waals surface area (Å²) in [5, 5.41) is 9.16. The summed E-state index contributed by atoms with van der Waals surface area (Å²) in [7, 11) is 1.86. The number of rotatable bonds is 4. The first-order valence-electron chi connectivity index (χ1n) is 4.68. The average molecular weight is 275 g/mol. The SMILES string of the molecule is CC(O)CCN(C)c1nc(N)cc(Br)n1. The standard InChI is InChI=1S/C9H15BrN4O/c1-6(15)3-4-14(2)9-12-7(10)5-8(11)13-9/h5-6,15H,3-4H2,1-2H3,(H2,11,12,13). The van der Waals surface area contributed by atoms with Crippen LogP contribution in [0.25, 0.3) is 0 Å². The van der Waals surface area contributed by atoms with E-state index < -0.39 is 0 Å². The molecular formula is C9H15BrN4O. The third-order valence-electron chi connectivity index (χ3n) is 1.93. The summed E-state index contributed by atoms with van der Waals surface area (Å²) < 4.78 is 0.661. The molecule has 1 heterocycles. The molecule has 0 fully saturated rings. The van der Waals surface area contributed by atoms with E-state index in [9.17, 15) is 0 Å². The molecule has 0 spiro atoms. The van der Waals surface area contributed by atoms with E-state index in [-0.39, 0.29) is 6.10 Å². The summed E-state index contributed by atoms with van der Waals surface area (Å²) in [5.41, 5.74) is 5.60. The quantitative estimate of drug-likeness (QED) is 0.803. The van der Waals surface area contributed by atoms with Gasteiger partial charge in [0.25, 0.3) is 0 Å². The van der Waals surface area contributed by atoms with Gasteiger partial charge in [-0.3, -0.25) is 0 Å². The molecule has 0 aliphatic heterocycles. The maximum atomic E-state index is 9.16. The fourth-order valence-corrected chi connectivity index (χ4v) is 1.47. The number of nitrogens with zero attached hydrogens (tertiary/aromatic N) is 3. The van der Waals surface area contributed by atoms with E-state index in [0.29, 0.717) is 29.3 Å². The third-order valence-corrected chi connectivity index (χ3v) is 2.33. The fraction of sp³-hybridized carbons (Fsp3) is 0.556. The second-order valence-corrected chi connectivity index (χ2v) is 4.29. The number of halogens is 1. The Morgan fingerprint density at radius 3 is 2.80 bits per heavy atom. The molecule has 0 aliphatic carbocycles. The molecule has 5 nitrogen and oxygen atoms in total. The Bertz CT molecular complexity index is 312. The van der Waals surface area contributed by atoms with Crippen molar-refractivity contribution >= 4 is 27.7 Å².